The predicted octanol–water partition coefficient (Wildman–Crippen LogP) is 0.563. The molecule has 0 bridgehead atoms. The van der Waals surface area contributed by atoms with E-state index in [0.717, 1.165) is 0 Å². The van der Waals surface area contributed by atoms with E-state index in [0.29, 0.717) is 5.56 Å². The van der Waals surface area contributed by atoms with Gasteiger partial charge in [0.25, 0.3) is 0 Å². The van der Waals surface area contributed by atoms with E-state index in [1.165, 1.54) is 6.07 Å². The van der Waals surface area contributed by atoms with Crippen LogP contribution in [0.5, 0.6) is 0 Å². The standard InChI is InChI=1S/C14H18FN3O2/c1-14(2)13(20)17-12(19)8-18(14)11(7-16)9-5-3-4-6-10(9)15/h3-6,11H,7-8,16H2,1-2H3,(H,17,19,20). The highest BCUT2D eigenvalue weighted by molar-refractivity contribution is 6.03. The number of imide groups is 1. The minimum atomic E-state index is -0.930. The van der Waals surface area contributed by atoms with E-state index in [2.05, 4.69) is 5.32 Å². The summed E-state index contributed by atoms with van der Waals surface area (Å²) in [7, 11) is 0. The fraction of sp³-hybridized carbons (Fsp3) is 0.429. The van der Waals surface area contributed by atoms with Crippen LogP contribution >= 0.6 is 0 Å². The molecule has 2 amide bonds. The van der Waals surface area contributed by atoms with Gasteiger partial charge in [-0.25, -0.2) is 4.39 Å². The molecule has 6 heteroatoms. The summed E-state index contributed by atoms with van der Waals surface area (Å²) < 4.78 is 14.0. The second kappa shape index (κ2) is 5.30. The molecule has 20 heavy (non-hydrogen) atoms. The number of nitrogens with one attached hydrogen (secondary N) is 1. The first-order chi connectivity index (χ1) is 9.37. The molecule has 1 unspecified atom stereocenters. The number of benzene rings is 1. The Morgan fingerprint density at radius 2 is 2.05 bits per heavy atom. The number of hydrogen-bond donors (Lipinski definition) is 2. The summed E-state index contributed by atoms with van der Waals surface area (Å²) in [6.45, 7) is 3.51. The molecule has 3 N–H and O–H groups in total. The molecule has 108 valence electrons. The third-order valence-electron chi connectivity index (χ3n) is 3.70. The molecule has 0 spiro atoms. The summed E-state index contributed by atoms with van der Waals surface area (Å²) in [6.07, 6.45) is 0. The molecule has 0 aromatic heterocycles. The maximum atomic E-state index is 14.0. The Morgan fingerprint density at radius 3 is 2.65 bits per heavy atom. The molecule has 1 aromatic carbocycles. The molecular weight excluding hydrogens is 261 g/mol. The number of amides is 2. The van der Waals surface area contributed by atoms with Gasteiger partial charge in [-0.15, -0.1) is 0 Å². The number of nitrogens with zero attached hydrogens (tertiary/aromatic N) is 1. The van der Waals surface area contributed by atoms with Gasteiger partial charge in [-0.1, -0.05) is 18.2 Å². The van der Waals surface area contributed by atoms with Gasteiger partial charge in [-0.3, -0.25) is 19.8 Å². The van der Waals surface area contributed by atoms with Crippen LogP contribution in [-0.4, -0.2) is 35.3 Å². The highest BCUT2D eigenvalue weighted by Crippen LogP contribution is 2.30. The average Bonchev–Trinajstić information content (AvgIpc) is 2.38. The van der Waals surface area contributed by atoms with Crippen LogP contribution in [0.4, 0.5) is 4.39 Å². The summed E-state index contributed by atoms with van der Waals surface area (Å²) in [5.41, 5.74) is 5.23. The summed E-state index contributed by atoms with van der Waals surface area (Å²) in [5.74, 6) is -1.19. The lowest BCUT2D eigenvalue weighted by Crippen LogP contribution is -2.65. The fourth-order valence-electron chi connectivity index (χ4n) is 2.47. The Labute approximate surface area is 116 Å². The van der Waals surface area contributed by atoms with Gasteiger partial charge in [0.05, 0.1) is 18.1 Å². The van der Waals surface area contributed by atoms with Gasteiger partial charge < -0.3 is 5.73 Å². The maximum absolute atomic E-state index is 14.0. The monoisotopic (exact) mass is 279 g/mol. The van der Waals surface area contributed by atoms with Gasteiger partial charge in [0.1, 0.15) is 5.82 Å². The van der Waals surface area contributed by atoms with Crippen LogP contribution < -0.4 is 11.1 Å². The minimum absolute atomic E-state index is 0.00887. The van der Waals surface area contributed by atoms with Gasteiger partial charge in [0.2, 0.25) is 11.8 Å². The third kappa shape index (κ3) is 2.44. The summed E-state index contributed by atoms with van der Waals surface area (Å²) in [4.78, 5) is 25.2. The predicted molar refractivity (Wildman–Crippen MR) is 72.1 cm³/mol. The Hall–Kier alpha value is -1.79. The van der Waals surface area contributed by atoms with E-state index in [4.69, 9.17) is 5.73 Å². The van der Waals surface area contributed by atoms with Crippen molar-refractivity contribution in [1.82, 2.24) is 10.2 Å². The molecule has 1 atom stereocenters. The lowest BCUT2D eigenvalue weighted by Gasteiger charge is -2.44. The fourth-order valence-corrected chi connectivity index (χ4v) is 2.47. The Morgan fingerprint density at radius 1 is 1.40 bits per heavy atom. The van der Waals surface area contributed by atoms with Crippen molar-refractivity contribution in [3.63, 3.8) is 0 Å². The first-order valence-electron chi connectivity index (χ1n) is 6.43. The number of rotatable bonds is 3. The van der Waals surface area contributed by atoms with Crippen LogP contribution in [-0.2, 0) is 9.59 Å². The van der Waals surface area contributed by atoms with Gasteiger partial charge in [-0.05, 0) is 19.9 Å². The molecule has 2 rings (SSSR count). The number of hydrogen-bond acceptors (Lipinski definition) is 4. The Bertz CT molecular complexity index is 545. The number of halogens is 1. The lowest BCUT2D eigenvalue weighted by molar-refractivity contribution is -0.147. The van der Waals surface area contributed by atoms with Crippen molar-refractivity contribution in [3.8, 4) is 0 Å². The molecular formula is C14H18FN3O2. The molecule has 0 radical (unpaired) electrons. The topological polar surface area (TPSA) is 75.4 Å². The number of carbonyl (C=O) groups is 2. The van der Waals surface area contributed by atoms with Gasteiger partial charge >= 0.3 is 0 Å². The van der Waals surface area contributed by atoms with Crippen molar-refractivity contribution in [2.24, 2.45) is 5.73 Å². The van der Waals surface area contributed by atoms with Crippen LogP contribution in [0.15, 0.2) is 24.3 Å². The van der Waals surface area contributed by atoms with E-state index in [-0.39, 0.29) is 13.1 Å². The second-order valence-electron chi connectivity index (χ2n) is 5.34. The van der Waals surface area contributed by atoms with Crippen molar-refractivity contribution >= 4 is 11.8 Å². The van der Waals surface area contributed by atoms with Gasteiger partial charge in [-0.2, -0.15) is 0 Å². The number of carbonyl (C=O) groups excluding carboxylic acids is 2. The Kier molecular flexibility index (Phi) is 3.87. The molecule has 1 aliphatic rings. The third-order valence-corrected chi connectivity index (χ3v) is 3.70. The van der Waals surface area contributed by atoms with E-state index >= 15 is 0 Å². The highest BCUT2D eigenvalue weighted by Gasteiger charge is 2.44. The van der Waals surface area contributed by atoms with Crippen LogP contribution in [0.2, 0.25) is 0 Å². The van der Waals surface area contributed by atoms with Crippen molar-refractivity contribution in [3.05, 3.63) is 35.6 Å². The number of piperazine rings is 1. The average molecular weight is 279 g/mol. The molecule has 1 heterocycles. The molecule has 0 aliphatic carbocycles. The molecule has 1 fully saturated rings. The maximum Gasteiger partial charge on any atom is 0.246 e. The van der Waals surface area contributed by atoms with Crippen LogP contribution in [0.1, 0.15) is 25.5 Å². The molecule has 5 nitrogen and oxygen atoms in total. The van der Waals surface area contributed by atoms with Gasteiger partial charge in [0.15, 0.2) is 0 Å². The van der Waals surface area contributed by atoms with E-state index < -0.39 is 29.2 Å². The number of nitrogens with two attached hydrogens (primary N) is 1. The van der Waals surface area contributed by atoms with Crippen molar-refractivity contribution in [2.45, 2.75) is 25.4 Å². The molecule has 1 aliphatic heterocycles. The van der Waals surface area contributed by atoms with E-state index in [1.807, 2.05) is 0 Å². The van der Waals surface area contributed by atoms with E-state index in [1.54, 1.807) is 36.9 Å². The first-order valence-corrected chi connectivity index (χ1v) is 6.43. The smallest absolute Gasteiger partial charge is 0.246 e. The van der Waals surface area contributed by atoms with Crippen molar-refractivity contribution in [2.75, 3.05) is 13.1 Å². The SMILES string of the molecule is CC1(C)C(=O)NC(=O)CN1C(CN)c1ccccc1F. The molecule has 1 saturated heterocycles. The van der Waals surface area contributed by atoms with Gasteiger partial charge in [0, 0.05) is 12.1 Å². The summed E-state index contributed by atoms with van der Waals surface area (Å²) >= 11 is 0. The zero-order valence-corrected chi connectivity index (χ0v) is 11.5. The highest BCUT2D eigenvalue weighted by atomic mass is 19.1. The van der Waals surface area contributed by atoms with Crippen molar-refractivity contribution in [1.29, 1.82) is 0 Å². The lowest BCUT2D eigenvalue weighted by atomic mass is 9.93. The quantitative estimate of drug-likeness (QED) is 0.793. The summed E-state index contributed by atoms with van der Waals surface area (Å²) in [6, 6.07) is 5.74. The largest absolute Gasteiger partial charge is 0.329 e. The van der Waals surface area contributed by atoms with E-state index in [9.17, 15) is 14.0 Å². The summed E-state index contributed by atoms with van der Waals surface area (Å²) in [5, 5.41) is 2.29. The zero-order valence-electron chi connectivity index (χ0n) is 11.5. The zero-order chi connectivity index (χ0) is 14.9. The normalized spacial score (nSPS) is 20.6. The van der Waals surface area contributed by atoms with Crippen LogP contribution in [0, 0.1) is 5.82 Å². The molecule has 1 aromatic rings. The Balaban J connectivity index is 2.42. The minimum Gasteiger partial charge on any atom is -0.329 e. The molecule has 0 saturated carbocycles. The van der Waals surface area contributed by atoms with Crippen LogP contribution in [0.3, 0.4) is 0 Å². The van der Waals surface area contributed by atoms with Crippen molar-refractivity contribution < 1.29 is 14.0 Å². The first kappa shape index (κ1) is 14.6. The second-order valence-corrected chi connectivity index (χ2v) is 5.34. The van der Waals surface area contributed by atoms with Crippen LogP contribution in [0.25, 0.3) is 0 Å².